The van der Waals surface area contributed by atoms with E-state index in [-0.39, 0.29) is 10.7 Å². The van der Waals surface area contributed by atoms with E-state index in [4.69, 9.17) is 10.8 Å². The van der Waals surface area contributed by atoms with E-state index in [0.29, 0.717) is 0 Å². The molecular weight excluding hydrogens is 162 g/mol. The highest BCUT2D eigenvalue weighted by atomic mass is 32.1. The summed E-state index contributed by atoms with van der Waals surface area (Å²) in [6.07, 6.45) is 0. The Balaban J connectivity index is 4.25. The topological polar surface area (TPSA) is 63.3 Å². The predicted molar refractivity (Wildman–Crippen MR) is 47.8 cm³/mol. The monoisotopic (exact) mass is 177 g/mol. The van der Waals surface area contributed by atoms with Crippen molar-refractivity contribution in [1.29, 1.82) is 0 Å². The maximum absolute atomic E-state index is 10.4. The number of hydrogen-bond acceptors (Lipinski definition) is 3. The van der Waals surface area contributed by atoms with Gasteiger partial charge in [-0.25, -0.2) is 0 Å². The summed E-state index contributed by atoms with van der Waals surface area (Å²) in [5.41, 5.74) is 5.19. The van der Waals surface area contributed by atoms with Crippen molar-refractivity contribution in [1.82, 2.24) is 0 Å². The highest BCUT2D eigenvalue weighted by Gasteiger charge is 2.30. The van der Waals surface area contributed by atoms with Gasteiger partial charge in [-0.2, -0.15) is 12.6 Å². The van der Waals surface area contributed by atoms with Gasteiger partial charge in [-0.3, -0.25) is 4.79 Å². The average Bonchev–Trinajstić information content (AvgIpc) is 1.82. The van der Waals surface area contributed by atoms with Crippen molar-refractivity contribution in [2.24, 2.45) is 11.1 Å². The fraction of sp³-hybridized carbons (Fsp3) is 0.857. The number of hydrogen-bond donors (Lipinski definition) is 3. The third-order valence-electron chi connectivity index (χ3n) is 1.51. The van der Waals surface area contributed by atoms with E-state index in [1.165, 1.54) is 0 Å². The summed E-state index contributed by atoms with van der Waals surface area (Å²) in [5.74, 6) is -1.00. The first-order valence-electron chi connectivity index (χ1n) is 3.43. The van der Waals surface area contributed by atoms with Gasteiger partial charge in [-0.05, 0) is 5.41 Å². The lowest BCUT2D eigenvalue weighted by molar-refractivity contribution is -0.139. The van der Waals surface area contributed by atoms with Crippen LogP contribution in [0, 0.1) is 5.41 Å². The molecule has 0 spiro atoms. The number of carboxylic acids is 1. The molecular formula is C7H15NO2S. The van der Waals surface area contributed by atoms with Gasteiger partial charge in [0.2, 0.25) is 0 Å². The first-order chi connectivity index (χ1) is 4.76. The van der Waals surface area contributed by atoms with E-state index in [1.807, 2.05) is 20.8 Å². The predicted octanol–water partition coefficient (Wildman–Crippen LogP) is 0.743. The van der Waals surface area contributed by atoms with Crippen LogP contribution >= 0.6 is 12.6 Å². The average molecular weight is 177 g/mol. The zero-order valence-corrected chi connectivity index (χ0v) is 7.93. The molecule has 66 valence electrons. The molecule has 0 saturated heterocycles. The Labute approximate surface area is 72.4 Å². The Morgan fingerprint density at radius 3 is 2.00 bits per heavy atom. The minimum atomic E-state index is -1.00. The largest absolute Gasteiger partial charge is 0.480 e. The summed E-state index contributed by atoms with van der Waals surface area (Å²) in [4.78, 5) is 10.4. The van der Waals surface area contributed by atoms with Crippen LogP contribution in [0.4, 0.5) is 0 Å². The maximum Gasteiger partial charge on any atom is 0.321 e. The Kier molecular flexibility index (Phi) is 3.38. The van der Waals surface area contributed by atoms with E-state index in [9.17, 15) is 4.79 Å². The Morgan fingerprint density at radius 1 is 1.55 bits per heavy atom. The van der Waals surface area contributed by atoms with Crippen molar-refractivity contribution < 1.29 is 9.90 Å². The van der Waals surface area contributed by atoms with Gasteiger partial charge in [0, 0.05) is 5.25 Å². The molecule has 0 aromatic heterocycles. The lowest BCUT2D eigenvalue weighted by Gasteiger charge is -2.28. The molecule has 1 unspecified atom stereocenters. The van der Waals surface area contributed by atoms with Crippen LogP contribution in [0.15, 0.2) is 0 Å². The Bertz CT molecular complexity index is 153. The van der Waals surface area contributed by atoms with Crippen LogP contribution in [-0.4, -0.2) is 22.4 Å². The third-order valence-corrected chi connectivity index (χ3v) is 2.61. The van der Waals surface area contributed by atoms with Crippen LogP contribution in [0.1, 0.15) is 20.8 Å². The SMILES string of the molecule is CC(C)(C)C(S)[C@H](N)C(=O)O. The number of carboxylic acid groups (broad SMARTS) is 1. The second kappa shape index (κ2) is 3.45. The van der Waals surface area contributed by atoms with E-state index < -0.39 is 12.0 Å². The first-order valence-corrected chi connectivity index (χ1v) is 3.95. The van der Waals surface area contributed by atoms with Gasteiger partial charge in [0.25, 0.3) is 0 Å². The molecule has 0 bridgehead atoms. The molecule has 0 saturated carbocycles. The van der Waals surface area contributed by atoms with Crippen LogP contribution in [-0.2, 0) is 4.79 Å². The van der Waals surface area contributed by atoms with Crippen molar-refractivity contribution >= 4 is 18.6 Å². The minimum Gasteiger partial charge on any atom is -0.480 e. The molecule has 11 heavy (non-hydrogen) atoms. The molecule has 3 nitrogen and oxygen atoms in total. The molecule has 0 aliphatic heterocycles. The lowest BCUT2D eigenvalue weighted by atomic mass is 9.87. The first kappa shape index (κ1) is 10.8. The third kappa shape index (κ3) is 3.12. The maximum atomic E-state index is 10.4. The summed E-state index contributed by atoms with van der Waals surface area (Å²) in [7, 11) is 0. The number of rotatable bonds is 2. The van der Waals surface area contributed by atoms with Crippen molar-refractivity contribution in [3.63, 3.8) is 0 Å². The molecule has 2 atom stereocenters. The summed E-state index contributed by atoms with van der Waals surface area (Å²) in [5, 5.41) is 8.22. The molecule has 0 aliphatic carbocycles. The summed E-state index contributed by atoms with van der Waals surface area (Å²) in [6.45, 7) is 5.73. The molecule has 0 rings (SSSR count). The number of carbonyl (C=O) groups is 1. The van der Waals surface area contributed by atoms with Crippen molar-refractivity contribution in [2.45, 2.75) is 32.1 Å². The van der Waals surface area contributed by atoms with Crippen LogP contribution in [0.5, 0.6) is 0 Å². The fourth-order valence-electron chi connectivity index (χ4n) is 0.674. The molecule has 0 radical (unpaired) electrons. The van der Waals surface area contributed by atoms with Crippen LogP contribution in [0.25, 0.3) is 0 Å². The highest BCUT2D eigenvalue weighted by molar-refractivity contribution is 7.81. The van der Waals surface area contributed by atoms with E-state index in [0.717, 1.165) is 0 Å². The van der Waals surface area contributed by atoms with Gasteiger partial charge in [0.1, 0.15) is 6.04 Å². The Morgan fingerprint density at radius 2 is 1.91 bits per heavy atom. The lowest BCUT2D eigenvalue weighted by Crippen LogP contribution is -2.45. The molecule has 0 aromatic rings. The van der Waals surface area contributed by atoms with Crippen LogP contribution < -0.4 is 5.73 Å². The molecule has 3 N–H and O–H groups in total. The van der Waals surface area contributed by atoms with Gasteiger partial charge >= 0.3 is 5.97 Å². The van der Waals surface area contributed by atoms with Gasteiger partial charge in [-0.15, -0.1) is 0 Å². The van der Waals surface area contributed by atoms with Crippen LogP contribution in [0.2, 0.25) is 0 Å². The van der Waals surface area contributed by atoms with E-state index in [1.54, 1.807) is 0 Å². The van der Waals surface area contributed by atoms with Gasteiger partial charge in [0.05, 0.1) is 0 Å². The quantitative estimate of drug-likeness (QED) is 0.545. The standard InChI is InChI=1S/C7H15NO2S/c1-7(2,3)5(11)4(8)6(9)10/h4-5,11H,8H2,1-3H3,(H,9,10)/t4-,5?/m0/s1. The fourth-order valence-corrected chi connectivity index (χ4v) is 0.801. The molecule has 0 amide bonds. The summed E-state index contributed by atoms with van der Waals surface area (Å²) >= 11 is 4.14. The minimum absolute atomic E-state index is 0.180. The summed E-state index contributed by atoms with van der Waals surface area (Å²) < 4.78 is 0. The molecule has 4 heteroatoms. The second-order valence-corrected chi connectivity index (χ2v) is 4.23. The zero-order chi connectivity index (χ0) is 9.23. The van der Waals surface area contributed by atoms with Gasteiger partial charge in [0.15, 0.2) is 0 Å². The zero-order valence-electron chi connectivity index (χ0n) is 7.03. The molecule has 0 aromatic carbocycles. The molecule has 0 aliphatic rings. The van der Waals surface area contributed by atoms with E-state index >= 15 is 0 Å². The number of thiol groups is 1. The van der Waals surface area contributed by atoms with Crippen LogP contribution in [0.3, 0.4) is 0 Å². The second-order valence-electron chi connectivity index (χ2n) is 3.67. The molecule has 0 fully saturated rings. The number of nitrogens with two attached hydrogens (primary N) is 1. The summed E-state index contributed by atoms with van der Waals surface area (Å²) in [6, 6.07) is -0.890. The number of aliphatic carboxylic acids is 1. The van der Waals surface area contributed by atoms with Gasteiger partial charge < -0.3 is 10.8 Å². The van der Waals surface area contributed by atoms with Crippen molar-refractivity contribution in [3.8, 4) is 0 Å². The highest BCUT2D eigenvalue weighted by Crippen LogP contribution is 2.25. The van der Waals surface area contributed by atoms with Crippen molar-refractivity contribution in [3.05, 3.63) is 0 Å². The Hall–Kier alpha value is -0.220. The molecule has 0 heterocycles. The smallest absolute Gasteiger partial charge is 0.321 e. The van der Waals surface area contributed by atoms with E-state index in [2.05, 4.69) is 12.6 Å². The normalized spacial score (nSPS) is 17.5. The van der Waals surface area contributed by atoms with Gasteiger partial charge in [-0.1, -0.05) is 20.8 Å². The van der Waals surface area contributed by atoms with Crippen molar-refractivity contribution in [2.75, 3.05) is 0 Å².